The van der Waals surface area contributed by atoms with Crippen LogP contribution in [0.3, 0.4) is 0 Å². The highest BCUT2D eigenvalue weighted by Gasteiger charge is 2.23. The number of halogens is 1. The Morgan fingerprint density at radius 2 is 1.79 bits per heavy atom. The van der Waals surface area contributed by atoms with Crippen molar-refractivity contribution >= 4 is 23.8 Å². The van der Waals surface area contributed by atoms with E-state index in [1.54, 1.807) is 41.3 Å². The number of aromatic nitrogens is 1. The number of amides is 1. The zero-order valence-corrected chi connectivity index (χ0v) is 16.0. The van der Waals surface area contributed by atoms with Crippen LogP contribution in [0.5, 0.6) is 0 Å². The number of rotatable bonds is 6. The summed E-state index contributed by atoms with van der Waals surface area (Å²) in [5.41, 5.74) is 2.21. The number of benzene rings is 1. The highest BCUT2D eigenvalue weighted by molar-refractivity contribution is 5.94. The molecule has 2 heterocycles. The Morgan fingerprint density at radius 3 is 2.48 bits per heavy atom. The fourth-order valence-electron chi connectivity index (χ4n) is 3.33. The Bertz CT molecular complexity index is 922. The number of carbonyl (C=O) groups is 2. The fraction of sp³-hybridized carbons (Fsp3) is 0.261. The SMILES string of the molecule is O=C(/C=C/c1cccc(/C=C/C(=O)N2CCCC(c3ccc(F)cc3)C2)n1)CO. The van der Waals surface area contributed by atoms with E-state index in [1.165, 1.54) is 30.4 Å². The Kier molecular flexibility index (Phi) is 7.03. The van der Waals surface area contributed by atoms with Gasteiger partial charge in [-0.25, -0.2) is 9.37 Å². The Balaban J connectivity index is 1.63. The average molecular weight is 394 g/mol. The molecule has 1 saturated heterocycles. The second-order valence-corrected chi connectivity index (χ2v) is 6.95. The first kappa shape index (κ1) is 20.6. The van der Waals surface area contributed by atoms with E-state index in [9.17, 15) is 14.0 Å². The molecule has 1 aliphatic heterocycles. The van der Waals surface area contributed by atoms with Gasteiger partial charge >= 0.3 is 0 Å². The van der Waals surface area contributed by atoms with E-state index < -0.39 is 12.4 Å². The second kappa shape index (κ2) is 9.89. The first-order valence-corrected chi connectivity index (χ1v) is 9.56. The molecule has 2 aromatic rings. The van der Waals surface area contributed by atoms with Crippen molar-refractivity contribution in [1.29, 1.82) is 0 Å². The summed E-state index contributed by atoms with van der Waals surface area (Å²) in [6.45, 7) is 0.758. The van der Waals surface area contributed by atoms with Gasteiger partial charge in [0, 0.05) is 25.1 Å². The van der Waals surface area contributed by atoms with Gasteiger partial charge in [-0.1, -0.05) is 18.2 Å². The number of ketones is 1. The third kappa shape index (κ3) is 5.93. The van der Waals surface area contributed by atoms with Gasteiger partial charge in [0.1, 0.15) is 12.4 Å². The van der Waals surface area contributed by atoms with Gasteiger partial charge in [-0.05, 0) is 60.9 Å². The molecule has 3 rings (SSSR count). The van der Waals surface area contributed by atoms with Crippen LogP contribution in [-0.2, 0) is 9.59 Å². The van der Waals surface area contributed by atoms with Crippen molar-refractivity contribution in [2.75, 3.05) is 19.7 Å². The van der Waals surface area contributed by atoms with Crippen LogP contribution >= 0.6 is 0 Å². The maximum Gasteiger partial charge on any atom is 0.246 e. The summed E-state index contributed by atoms with van der Waals surface area (Å²) in [4.78, 5) is 29.9. The van der Waals surface area contributed by atoms with Gasteiger partial charge in [0.15, 0.2) is 5.78 Å². The molecular formula is C23H23FN2O3. The molecule has 29 heavy (non-hydrogen) atoms. The highest BCUT2D eigenvalue weighted by Crippen LogP contribution is 2.27. The van der Waals surface area contributed by atoms with Crippen molar-refractivity contribution in [3.63, 3.8) is 0 Å². The van der Waals surface area contributed by atoms with Crippen LogP contribution in [0.25, 0.3) is 12.2 Å². The van der Waals surface area contributed by atoms with Gasteiger partial charge in [-0.3, -0.25) is 9.59 Å². The van der Waals surface area contributed by atoms with Crippen LogP contribution in [-0.4, -0.2) is 46.4 Å². The number of pyridine rings is 1. The van der Waals surface area contributed by atoms with Crippen molar-refractivity contribution in [2.45, 2.75) is 18.8 Å². The molecule has 1 aliphatic rings. The van der Waals surface area contributed by atoms with Gasteiger partial charge in [0.25, 0.3) is 0 Å². The first-order chi connectivity index (χ1) is 14.0. The van der Waals surface area contributed by atoms with E-state index in [0.717, 1.165) is 18.4 Å². The van der Waals surface area contributed by atoms with Gasteiger partial charge < -0.3 is 10.0 Å². The summed E-state index contributed by atoms with van der Waals surface area (Å²) in [5, 5.41) is 8.75. The second-order valence-electron chi connectivity index (χ2n) is 6.95. The quantitative estimate of drug-likeness (QED) is 0.764. The molecule has 1 atom stereocenters. The van der Waals surface area contributed by atoms with E-state index in [1.807, 2.05) is 0 Å². The van der Waals surface area contributed by atoms with Gasteiger partial charge in [-0.2, -0.15) is 0 Å². The Hall–Kier alpha value is -3.12. The van der Waals surface area contributed by atoms with Crippen molar-refractivity contribution in [3.8, 4) is 0 Å². The third-order valence-electron chi connectivity index (χ3n) is 4.86. The Morgan fingerprint density at radius 1 is 1.10 bits per heavy atom. The largest absolute Gasteiger partial charge is 0.388 e. The maximum absolute atomic E-state index is 13.1. The number of nitrogens with zero attached hydrogens (tertiary/aromatic N) is 2. The molecule has 1 aromatic carbocycles. The topological polar surface area (TPSA) is 70.5 Å². The van der Waals surface area contributed by atoms with Crippen molar-refractivity contribution in [1.82, 2.24) is 9.88 Å². The van der Waals surface area contributed by atoms with E-state index in [4.69, 9.17) is 5.11 Å². The summed E-state index contributed by atoms with van der Waals surface area (Å²) >= 11 is 0. The number of hydrogen-bond acceptors (Lipinski definition) is 4. The summed E-state index contributed by atoms with van der Waals surface area (Å²) in [6, 6.07) is 11.8. The minimum Gasteiger partial charge on any atom is -0.388 e. The first-order valence-electron chi connectivity index (χ1n) is 9.56. The van der Waals surface area contributed by atoms with E-state index in [-0.39, 0.29) is 17.6 Å². The maximum atomic E-state index is 13.1. The van der Waals surface area contributed by atoms with Crippen molar-refractivity contribution < 1.29 is 19.1 Å². The van der Waals surface area contributed by atoms with Crippen molar-refractivity contribution in [2.24, 2.45) is 0 Å². The number of aliphatic hydroxyl groups is 1. The third-order valence-corrected chi connectivity index (χ3v) is 4.86. The predicted molar refractivity (Wildman–Crippen MR) is 109 cm³/mol. The van der Waals surface area contributed by atoms with E-state index in [2.05, 4.69) is 4.98 Å². The zero-order valence-electron chi connectivity index (χ0n) is 16.0. The average Bonchev–Trinajstić information content (AvgIpc) is 2.76. The summed E-state index contributed by atoms with van der Waals surface area (Å²) in [7, 11) is 0. The lowest BCUT2D eigenvalue weighted by Gasteiger charge is -2.32. The van der Waals surface area contributed by atoms with Gasteiger partial charge in [0.2, 0.25) is 5.91 Å². The van der Waals surface area contributed by atoms with Crippen LogP contribution in [0.1, 0.15) is 35.7 Å². The lowest BCUT2D eigenvalue weighted by molar-refractivity contribution is -0.127. The van der Waals surface area contributed by atoms with Crippen LogP contribution in [0.2, 0.25) is 0 Å². The predicted octanol–water partition coefficient (Wildman–Crippen LogP) is 3.21. The molecule has 6 heteroatoms. The normalized spacial score (nSPS) is 17.2. The lowest BCUT2D eigenvalue weighted by atomic mass is 9.90. The van der Waals surface area contributed by atoms with E-state index in [0.29, 0.717) is 24.5 Å². The molecule has 1 unspecified atom stereocenters. The molecule has 0 aliphatic carbocycles. The fourth-order valence-corrected chi connectivity index (χ4v) is 3.33. The Labute approximate surface area is 169 Å². The van der Waals surface area contributed by atoms with Crippen LogP contribution in [0, 0.1) is 5.82 Å². The smallest absolute Gasteiger partial charge is 0.246 e. The zero-order chi connectivity index (χ0) is 20.6. The molecule has 1 fully saturated rings. The number of carbonyl (C=O) groups excluding carboxylic acids is 2. The van der Waals surface area contributed by atoms with Crippen LogP contribution in [0.15, 0.2) is 54.6 Å². The highest BCUT2D eigenvalue weighted by atomic mass is 19.1. The molecular weight excluding hydrogens is 371 g/mol. The summed E-state index contributed by atoms with van der Waals surface area (Å²) < 4.78 is 13.1. The van der Waals surface area contributed by atoms with E-state index >= 15 is 0 Å². The van der Waals surface area contributed by atoms with Crippen LogP contribution < -0.4 is 0 Å². The molecule has 150 valence electrons. The molecule has 0 saturated carbocycles. The molecule has 0 spiro atoms. The molecule has 0 bridgehead atoms. The number of piperidine rings is 1. The lowest BCUT2D eigenvalue weighted by Crippen LogP contribution is -2.38. The van der Waals surface area contributed by atoms with Crippen molar-refractivity contribution in [3.05, 3.63) is 77.4 Å². The molecule has 1 amide bonds. The monoisotopic (exact) mass is 394 g/mol. The number of hydrogen-bond donors (Lipinski definition) is 1. The number of aliphatic hydroxyl groups excluding tert-OH is 1. The molecule has 1 N–H and O–H groups in total. The van der Waals surface area contributed by atoms with Gasteiger partial charge in [0.05, 0.1) is 11.4 Å². The summed E-state index contributed by atoms with van der Waals surface area (Å²) in [6.07, 6.45) is 7.82. The molecule has 1 aromatic heterocycles. The number of likely N-dealkylation sites (tertiary alicyclic amines) is 1. The molecule has 5 nitrogen and oxygen atoms in total. The summed E-state index contributed by atoms with van der Waals surface area (Å²) in [5.74, 6) is -0.540. The standard InChI is InChI=1S/C23H23FN2O3/c24-19-8-6-17(7-9-19)18-3-2-14-26(15-18)23(29)13-11-21-5-1-4-20(25-21)10-12-22(28)16-27/h1,4-13,18,27H,2-3,14-16H2/b12-10+,13-11+. The minimum absolute atomic E-state index is 0.0879. The minimum atomic E-state index is -0.542. The molecule has 0 radical (unpaired) electrons. The van der Waals surface area contributed by atoms with Crippen LogP contribution in [0.4, 0.5) is 4.39 Å². The van der Waals surface area contributed by atoms with Gasteiger partial charge in [-0.15, -0.1) is 0 Å².